The Labute approximate surface area is 118 Å². The van der Waals surface area contributed by atoms with Gasteiger partial charge < -0.3 is 5.32 Å². The molecule has 1 unspecified atom stereocenters. The van der Waals surface area contributed by atoms with E-state index in [1.165, 1.54) is 0 Å². The van der Waals surface area contributed by atoms with E-state index in [1.807, 2.05) is 0 Å². The van der Waals surface area contributed by atoms with Crippen molar-refractivity contribution >= 4 is 40.6 Å². The number of hydrogen-bond donors (Lipinski definition) is 1. The lowest BCUT2D eigenvalue weighted by atomic mass is 9.99. The molecule has 0 aliphatic carbocycles. The smallest absolute Gasteiger partial charge is 0.144 e. The monoisotopic (exact) mass is 294 g/mol. The van der Waals surface area contributed by atoms with Crippen LogP contribution in [0.15, 0.2) is 12.3 Å². The molecule has 0 fully saturated rings. The number of pyridine rings is 1. The predicted octanol–water partition coefficient (Wildman–Crippen LogP) is 4.84. The molecular weight excluding hydrogens is 279 g/mol. The number of nitrogens with zero attached hydrogens (tertiary/aromatic N) is 1. The highest BCUT2D eigenvalue weighted by Crippen LogP contribution is 2.24. The van der Waals surface area contributed by atoms with Crippen LogP contribution >= 0.6 is 34.8 Å². The zero-order valence-corrected chi connectivity index (χ0v) is 12.3. The third kappa shape index (κ3) is 4.53. The Balaban J connectivity index is 2.55. The van der Waals surface area contributed by atoms with E-state index in [4.69, 9.17) is 34.8 Å². The van der Waals surface area contributed by atoms with E-state index in [0.29, 0.717) is 28.3 Å². The second-order valence-corrected chi connectivity index (χ2v) is 5.36. The maximum Gasteiger partial charge on any atom is 0.144 e. The molecule has 0 aliphatic rings. The van der Waals surface area contributed by atoms with E-state index in [-0.39, 0.29) is 5.38 Å². The quantitative estimate of drug-likeness (QED) is 0.759. The maximum atomic E-state index is 6.32. The van der Waals surface area contributed by atoms with E-state index in [9.17, 15) is 0 Å². The Hall–Kier alpha value is -0.180. The molecule has 0 radical (unpaired) electrons. The molecule has 5 heteroatoms. The summed E-state index contributed by atoms with van der Waals surface area (Å²) in [5.41, 5.74) is 0. The van der Waals surface area contributed by atoms with Crippen LogP contribution in [0.4, 0.5) is 5.82 Å². The van der Waals surface area contributed by atoms with Gasteiger partial charge in [-0.25, -0.2) is 4.98 Å². The van der Waals surface area contributed by atoms with Crippen LogP contribution in [0.25, 0.3) is 0 Å². The van der Waals surface area contributed by atoms with Gasteiger partial charge in [0.2, 0.25) is 0 Å². The average molecular weight is 296 g/mol. The van der Waals surface area contributed by atoms with Gasteiger partial charge in [-0.2, -0.15) is 0 Å². The Bertz CT molecular complexity index is 354. The van der Waals surface area contributed by atoms with Crippen LogP contribution in [0.1, 0.15) is 26.7 Å². The van der Waals surface area contributed by atoms with Crippen LogP contribution < -0.4 is 5.32 Å². The minimum atomic E-state index is 0.0820. The van der Waals surface area contributed by atoms with Crippen molar-refractivity contribution in [3.8, 4) is 0 Å². The second-order valence-electron chi connectivity index (χ2n) is 3.96. The molecule has 1 heterocycles. The summed E-state index contributed by atoms with van der Waals surface area (Å²) in [4.78, 5) is 4.13. The average Bonchev–Trinajstić information content (AvgIpc) is 2.29. The fourth-order valence-corrected chi connectivity index (χ4v) is 2.59. The largest absolute Gasteiger partial charge is 0.367 e. The van der Waals surface area contributed by atoms with E-state index in [0.717, 1.165) is 12.8 Å². The Morgan fingerprint density at radius 2 is 1.94 bits per heavy atom. The van der Waals surface area contributed by atoms with E-state index >= 15 is 0 Å². The zero-order valence-electron chi connectivity index (χ0n) is 10.0. The first-order chi connectivity index (χ1) is 8.08. The summed E-state index contributed by atoms with van der Waals surface area (Å²) in [6.45, 7) is 4.95. The normalized spacial score (nSPS) is 12.8. The summed E-state index contributed by atoms with van der Waals surface area (Å²) in [7, 11) is 0. The van der Waals surface area contributed by atoms with Crippen molar-refractivity contribution in [1.29, 1.82) is 0 Å². The lowest BCUT2D eigenvalue weighted by Crippen LogP contribution is -2.23. The van der Waals surface area contributed by atoms with Crippen LogP contribution in [-0.2, 0) is 0 Å². The molecule has 1 rings (SSSR count). The summed E-state index contributed by atoms with van der Waals surface area (Å²) in [5.74, 6) is 1.14. The summed E-state index contributed by atoms with van der Waals surface area (Å²) >= 11 is 18.1. The molecule has 1 N–H and O–H groups in total. The van der Waals surface area contributed by atoms with Crippen molar-refractivity contribution in [3.05, 3.63) is 22.3 Å². The topological polar surface area (TPSA) is 24.9 Å². The minimum absolute atomic E-state index is 0.0820. The molecule has 1 aromatic heterocycles. The molecule has 0 saturated carbocycles. The first kappa shape index (κ1) is 14.9. The minimum Gasteiger partial charge on any atom is -0.367 e. The molecule has 96 valence electrons. The summed E-state index contributed by atoms with van der Waals surface area (Å²) in [6.07, 6.45) is 3.72. The van der Waals surface area contributed by atoms with Gasteiger partial charge in [0.1, 0.15) is 5.82 Å². The SMILES string of the molecule is CCC(CC)C(Cl)CNc1ncc(Cl)cc1Cl. The van der Waals surface area contributed by atoms with Gasteiger partial charge in [-0.1, -0.05) is 49.9 Å². The van der Waals surface area contributed by atoms with Gasteiger partial charge in [0, 0.05) is 12.7 Å². The highest BCUT2D eigenvalue weighted by molar-refractivity contribution is 6.35. The Morgan fingerprint density at radius 1 is 1.29 bits per heavy atom. The van der Waals surface area contributed by atoms with Crippen LogP contribution in [-0.4, -0.2) is 16.9 Å². The lowest BCUT2D eigenvalue weighted by molar-refractivity contribution is 0.475. The van der Waals surface area contributed by atoms with Crippen LogP contribution in [0.5, 0.6) is 0 Å². The number of halogens is 3. The maximum absolute atomic E-state index is 6.32. The number of nitrogens with one attached hydrogen (secondary N) is 1. The van der Waals surface area contributed by atoms with Gasteiger partial charge in [0.25, 0.3) is 0 Å². The number of anilines is 1. The number of rotatable bonds is 6. The Kier molecular flexibility index (Phi) is 6.39. The van der Waals surface area contributed by atoms with Crippen molar-refractivity contribution in [2.45, 2.75) is 32.1 Å². The van der Waals surface area contributed by atoms with E-state index in [1.54, 1.807) is 12.3 Å². The number of alkyl halides is 1. The van der Waals surface area contributed by atoms with Crippen molar-refractivity contribution in [2.24, 2.45) is 5.92 Å². The predicted molar refractivity (Wildman–Crippen MR) is 76.5 cm³/mol. The fraction of sp³-hybridized carbons (Fsp3) is 0.583. The van der Waals surface area contributed by atoms with Crippen molar-refractivity contribution in [1.82, 2.24) is 4.98 Å². The highest BCUT2D eigenvalue weighted by Gasteiger charge is 2.16. The van der Waals surface area contributed by atoms with Gasteiger partial charge in [-0.15, -0.1) is 11.6 Å². The third-order valence-electron chi connectivity index (χ3n) is 2.83. The van der Waals surface area contributed by atoms with Crippen molar-refractivity contribution in [3.63, 3.8) is 0 Å². The van der Waals surface area contributed by atoms with Gasteiger partial charge in [0.05, 0.1) is 15.4 Å². The summed E-state index contributed by atoms with van der Waals surface area (Å²) in [5, 5.41) is 4.29. The molecule has 17 heavy (non-hydrogen) atoms. The van der Waals surface area contributed by atoms with Crippen LogP contribution in [0.2, 0.25) is 10.0 Å². The van der Waals surface area contributed by atoms with Gasteiger partial charge in [-0.3, -0.25) is 0 Å². The molecular formula is C12H17Cl3N2. The van der Waals surface area contributed by atoms with Crippen molar-refractivity contribution in [2.75, 3.05) is 11.9 Å². The summed E-state index contributed by atoms with van der Waals surface area (Å²) < 4.78 is 0. The number of aromatic nitrogens is 1. The first-order valence-corrected chi connectivity index (χ1v) is 6.96. The summed E-state index contributed by atoms with van der Waals surface area (Å²) in [6, 6.07) is 1.67. The molecule has 0 spiro atoms. The fourth-order valence-electron chi connectivity index (χ4n) is 1.71. The zero-order chi connectivity index (χ0) is 12.8. The van der Waals surface area contributed by atoms with Crippen LogP contribution in [0, 0.1) is 5.92 Å². The first-order valence-electron chi connectivity index (χ1n) is 5.77. The molecule has 0 amide bonds. The molecule has 1 atom stereocenters. The van der Waals surface area contributed by atoms with Crippen molar-refractivity contribution < 1.29 is 0 Å². The van der Waals surface area contributed by atoms with Gasteiger partial charge in [-0.05, 0) is 12.0 Å². The standard InChI is InChI=1S/C12H17Cl3N2/c1-3-8(4-2)11(15)7-17-12-10(14)5-9(13)6-16-12/h5-6,8,11H,3-4,7H2,1-2H3,(H,16,17). The molecule has 0 saturated heterocycles. The number of hydrogen-bond acceptors (Lipinski definition) is 2. The van der Waals surface area contributed by atoms with E-state index in [2.05, 4.69) is 24.1 Å². The molecule has 0 aliphatic heterocycles. The molecule has 2 nitrogen and oxygen atoms in total. The third-order valence-corrected chi connectivity index (χ3v) is 3.84. The second kappa shape index (κ2) is 7.30. The molecule has 0 aromatic carbocycles. The lowest BCUT2D eigenvalue weighted by Gasteiger charge is -2.20. The van der Waals surface area contributed by atoms with Gasteiger partial charge >= 0.3 is 0 Å². The van der Waals surface area contributed by atoms with E-state index < -0.39 is 0 Å². The van der Waals surface area contributed by atoms with Gasteiger partial charge in [0.15, 0.2) is 0 Å². The Morgan fingerprint density at radius 3 is 2.47 bits per heavy atom. The van der Waals surface area contributed by atoms with Crippen LogP contribution in [0.3, 0.4) is 0 Å². The highest BCUT2D eigenvalue weighted by atomic mass is 35.5. The molecule has 1 aromatic rings. The molecule has 0 bridgehead atoms.